The summed E-state index contributed by atoms with van der Waals surface area (Å²) in [6.45, 7) is 4.00. The van der Waals surface area contributed by atoms with Crippen LogP contribution >= 0.6 is 0 Å². The van der Waals surface area contributed by atoms with Crippen LogP contribution in [-0.4, -0.2) is 16.7 Å². The highest BCUT2D eigenvalue weighted by molar-refractivity contribution is 6.21. The fraction of sp³-hybridized carbons (Fsp3) is 0.182. The van der Waals surface area contributed by atoms with Crippen molar-refractivity contribution in [2.45, 2.75) is 13.8 Å². The Bertz CT molecular complexity index is 1000. The van der Waals surface area contributed by atoms with Crippen LogP contribution in [0.1, 0.15) is 31.8 Å². The van der Waals surface area contributed by atoms with Gasteiger partial charge in [0.1, 0.15) is 5.75 Å². The molecule has 4 rings (SSSR count). The number of hydrogen-bond acceptors (Lipinski definition) is 4. The first-order valence-corrected chi connectivity index (χ1v) is 8.61. The molecule has 2 aromatic carbocycles. The van der Waals surface area contributed by atoms with Gasteiger partial charge in [-0.05, 0) is 37.6 Å². The fourth-order valence-electron chi connectivity index (χ4n) is 3.74. The molecule has 0 heterocycles. The van der Waals surface area contributed by atoms with E-state index in [1.54, 1.807) is 30.4 Å². The lowest BCUT2D eigenvalue weighted by molar-refractivity contribution is 0.0799. The highest BCUT2D eigenvalue weighted by atomic mass is 16.3. The van der Waals surface area contributed by atoms with Crippen LogP contribution in [0.15, 0.2) is 54.6 Å². The third kappa shape index (κ3) is 2.46. The van der Waals surface area contributed by atoms with Gasteiger partial charge in [0.25, 0.3) is 0 Å². The molecule has 4 heteroatoms. The van der Waals surface area contributed by atoms with E-state index in [-0.39, 0.29) is 28.4 Å². The summed E-state index contributed by atoms with van der Waals surface area (Å²) < 4.78 is 0. The zero-order valence-electron chi connectivity index (χ0n) is 14.6. The van der Waals surface area contributed by atoms with E-state index < -0.39 is 11.8 Å². The highest BCUT2D eigenvalue weighted by Gasteiger charge is 2.42. The first-order valence-electron chi connectivity index (χ1n) is 8.61. The molecule has 0 amide bonds. The zero-order valence-corrected chi connectivity index (χ0v) is 14.6. The molecule has 2 atom stereocenters. The molecule has 4 nitrogen and oxygen atoms in total. The van der Waals surface area contributed by atoms with Crippen molar-refractivity contribution in [1.82, 2.24) is 0 Å². The number of nitrogens with one attached hydrogen (secondary N) is 1. The van der Waals surface area contributed by atoms with E-state index in [0.29, 0.717) is 5.69 Å². The van der Waals surface area contributed by atoms with Crippen molar-refractivity contribution in [3.05, 3.63) is 76.9 Å². The summed E-state index contributed by atoms with van der Waals surface area (Å²) in [7, 11) is 0. The number of aryl methyl sites for hydroxylation is 2. The summed E-state index contributed by atoms with van der Waals surface area (Å²) >= 11 is 0. The molecule has 2 aliphatic carbocycles. The second kappa shape index (κ2) is 5.99. The molecule has 0 saturated heterocycles. The molecule has 0 bridgehead atoms. The molecule has 0 unspecified atom stereocenters. The Labute approximate surface area is 151 Å². The lowest BCUT2D eigenvalue weighted by Gasteiger charge is -2.30. The number of carbonyl (C=O) groups is 2. The van der Waals surface area contributed by atoms with E-state index >= 15 is 0 Å². The second-order valence-corrected chi connectivity index (χ2v) is 6.88. The largest absolute Gasteiger partial charge is 0.507 e. The van der Waals surface area contributed by atoms with Gasteiger partial charge in [-0.15, -0.1) is 0 Å². The first-order chi connectivity index (χ1) is 12.5. The van der Waals surface area contributed by atoms with E-state index in [0.717, 1.165) is 16.8 Å². The topological polar surface area (TPSA) is 66.4 Å². The SMILES string of the molecule is Cc1ccc(Nc2ccc(O)c3c2C(=O)[C@H]2C=CC=C[C@@H]2C3=O)c(C)c1. The summed E-state index contributed by atoms with van der Waals surface area (Å²) in [5.41, 5.74) is 3.99. The van der Waals surface area contributed by atoms with E-state index in [1.165, 1.54) is 6.07 Å². The molecule has 0 saturated carbocycles. The normalized spacial score (nSPS) is 20.7. The van der Waals surface area contributed by atoms with Gasteiger partial charge >= 0.3 is 0 Å². The van der Waals surface area contributed by atoms with Crippen molar-refractivity contribution in [2.75, 3.05) is 5.32 Å². The van der Waals surface area contributed by atoms with E-state index in [1.807, 2.05) is 32.0 Å². The number of aromatic hydroxyl groups is 1. The molecular weight excluding hydrogens is 326 g/mol. The highest BCUT2D eigenvalue weighted by Crippen LogP contribution is 2.41. The fourth-order valence-corrected chi connectivity index (χ4v) is 3.74. The number of carbonyl (C=O) groups excluding carboxylic acids is 2. The van der Waals surface area contributed by atoms with Crippen molar-refractivity contribution in [2.24, 2.45) is 11.8 Å². The van der Waals surface area contributed by atoms with Gasteiger partial charge in [0.15, 0.2) is 11.6 Å². The molecule has 2 N–H and O–H groups in total. The standard InChI is InChI=1S/C22H19NO3/c1-12-7-8-16(13(2)11-12)23-17-9-10-18(24)20-19(17)21(25)14-5-3-4-6-15(14)22(20)26/h3-11,14-15,23-24H,1-2H3/t14-,15-/m0/s1. The summed E-state index contributed by atoms with van der Waals surface area (Å²) in [5, 5.41) is 13.5. The monoisotopic (exact) mass is 345 g/mol. The zero-order chi connectivity index (χ0) is 18.4. The molecule has 0 fully saturated rings. The number of benzene rings is 2. The van der Waals surface area contributed by atoms with Crippen LogP contribution in [0.25, 0.3) is 0 Å². The van der Waals surface area contributed by atoms with Crippen molar-refractivity contribution < 1.29 is 14.7 Å². The summed E-state index contributed by atoms with van der Waals surface area (Å²) in [5.74, 6) is -1.56. The Morgan fingerprint density at radius 3 is 2.12 bits per heavy atom. The third-order valence-corrected chi connectivity index (χ3v) is 5.07. The Hall–Kier alpha value is -3.14. The van der Waals surface area contributed by atoms with Crippen LogP contribution in [0.4, 0.5) is 11.4 Å². The number of phenols is 1. The van der Waals surface area contributed by atoms with Gasteiger partial charge in [0, 0.05) is 5.69 Å². The maximum Gasteiger partial charge on any atom is 0.175 e. The predicted molar refractivity (Wildman–Crippen MR) is 101 cm³/mol. The molecule has 2 aromatic rings. The Kier molecular flexibility index (Phi) is 3.76. The number of phenolic OH excluding ortho intramolecular Hbond substituents is 1. The second-order valence-electron chi connectivity index (χ2n) is 6.88. The minimum Gasteiger partial charge on any atom is -0.507 e. The van der Waals surface area contributed by atoms with Gasteiger partial charge in [-0.3, -0.25) is 9.59 Å². The Morgan fingerprint density at radius 2 is 1.46 bits per heavy atom. The van der Waals surface area contributed by atoms with Crippen molar-refractivity contribution >= 4 is 22.9 Å². The van der Waals surface area contributed by atoms with E-state index in [4.69, 9.17) is 0 Å². The predicted octanol–water partition coefficient (Wildman–Crippen LogP) is 4.49. The van der Waals surface area contributed by atoms with Crippen LogP contribution in [0, 0.1) is 25.7 Å². The van der Waals surface area contributed by atoms with E-state index in [2.05, 4.69) is 5.32 Å². The van der Waals surface area contributed by atoms with Gasteiger partial charge in [-0.2, -0.15) is 0 Å². The maximum absolute atomic E-state index is 13.1. The third-order valence-electron chi connectivity index (χ3n) is 5.07. The van der Waals surface area contributed by atoms with Crippen LogP contribution in [0.3, 0.4) is 0 Å². The van der Waals surface area contributed by atoms with Crippen molar-refractivity contribution in [3.63, 3.8) is 0 Å². The van der Waals surface area contributed by atoms with Crippen LogP contribution in [-0.2, 0) is 0 Å². The van der Waals surface area contributed by atoms with Gasteiger partial charge < -0.3 is 10.4 Å². The van der Waals surface area contributed by atoms with Crippen LogP contribution < -0.4 is 5.32 Å². The molecule has 26 heavy (non-hydrogen) atoms. The van der Waals surface area contributed by atoms with Crippen molar-refractivity contribution in [3.8, 4) is 5.75 Å². The quantitative estimate of drug-likeness (QED) is 0.787. The van der Waals surface area contributed by atoms with Crippen molar-refractivity contribution in [1.29, 1.82) is 0 Å². The number of anilines is 2. The van der Waals surface area contributed by atoms with Crippen LogP contribution in [0.5, 0.6) is 5.75 Å². The van der Waals surface area contributed by atoms with Gasteiger partial charge in [-0.25, -0.2) is 0 Å². The van der Waals surface area contributed by atoms with Crippen LogP contribution in [0.2, 0.25) is 0 Å². The average Bonchev–Trinajstić information content (AvgIpc) is 2.63. The number of fused-ring (bicyclic) bond motifs is 2. The molecule has 2 aliphatic rings. The smallest absolute Gasteiger partial charge is 0.175 e. The Balaban J connectivity index is 1.85. The molecule has 0 aliphatic heterocycles. The van der Waals surface area contributed by atoms with Gasteiger partial charge in [-0.1, -0.05) is 42.0 Å². The molecule has 0 spiro atoms. The lowest BCUT2D eigenvalue weighted by Crippen LogP contribution is -2.35. The minimum atomic E-state index is -0.540. The summed E-state index contributed by atoms with van der Waals surface area (Å²) in [6, 6.07) is 9.11. The number of Topliss-reactive ketones (excluding diaryl/α,β-unsaturated/α-hetero) is 2. The number of rotatable bonds is 2. The molecule has 0 radical (unpaired) electrons. The number of hydrogen-bond donors (Lipinski definition) is 2. The van der Waals surface area contributed by atoms with E-state index in [9.17, 15) is 14.7 Å². The Morgan fingerprint density at radius 1 is 0.846 bits per heavy atom. The lowest BCUT2D eigenvalue weighted by atomic mass is 9.71. The first kappa shape index (κ1) is 16.3. The van der Waals surface area contributed by atoms with Gasteiger partial charge in [0.05, 0.1) is 28.7 Å². The molecule has 0 aromatic heterocycles. The molecular formula is C22H19NO3. The average molecular weight is 345 g/mol. The van der Waals surface area contributed by atoms with Gasteiger partial charge in [0.2, 0.25) is 0 Å². The maximum atomic E-state index is 13.1. The summed E-state index contributed by atoms with van der Waals surface area (Å²) in [4.78, 5) is 26.0. The number of ketones is 2. The summed E-state index contributed by atoms with van der Waals surface area (Å²) in [6.07, 6.45) is 7.06. The minimum absolute atomic E-state index is 0.117. The number of allylic oxidation sites excluding steroid dienone is 4. The molecule has 130 valence electrons.